The van der Waals surface area contributed by atoms with Crippen LogP contribution in [0.25, 0.3) is 6.08 Å². The van der Waals surface area contributed by atoms with Crippen LogP contribution in [0.15, 0.2) is 57.6 Å². The van der Waals surface area contributed by atoms with E-state index in [0.717, 1.165) is 17.5 Å². The van der Waals surface area contributed by atoms with E-state index < -0.39 is 5.97 Å². The Morgan fingerprint density at radius 3 is 2.18 bits per heavy atom. The van der Waals surface area contributed by atoms with E-state index in [1.165, 1.54) is 21.3 Å². The molecule has 1 N–H and O–H groups in total. The van der Waals surface area contributed by atoms with Gasteiger partial charge in [0.15, 0.2) is 11.5 Å². The number of methoxy groups -OCH3 is 3. The molecule has 3 rings (SSSR count). The predicted octanol–water partition coefficient (Wildman–Crippen LogP) is 5.30. The molecule has 9 heteroatoms. The number of hydrogen-bond acceptors (Lipinski definition) is 9. The van der Waals surface area contributed by atoms with Crippen LogP contribution >= 0.6 is 11.8 Å². The van der Waals surface area contributed by atoms with Gasteiger partial charge in [-0.2, -0.15) is 0 Å². The van der Waals surface area contributed by atoms with Gasteiger partial charge >= 0.3 is 5.97 Å². The maximum Gasteiger partial charge on any atom is 0.344 e. The van der Waals surface area contributed by atoms with Gasteiger partial charge in [0, 0.05) is 0 Å². The van der Waals surface area contributed by atoms with E-state index in [-0.39, 0.29) is 17.9 Å². The van der Waals surface area contributed by atoms with Crippen molar-refractivity contribution in [2.45, 2.75) is 13.8 Å². The zero-order valence-electron chi connectivity index (χ0n) is 19.7. The summed E-state index contributed by atoms with van der Waals surface area (Å²) in [5.74, 6) is 1.25. The highest BCUT2D eigenvalue weighted by atomic mass is 32.2. The van der Waals surface area contributed by atoms with Crippen molar-refractivity contribution in [3.63, 3.8) is 0 Å². The molecular formula is C25H27NO7S. The number of benzene rings is 2. The second kappa shape index (κ2) is 11.5. The SMILES string of the molecule is CCOC(=O)C1=C(O)C(=Cc2cc(OC)c(OC)c(OC)c2)SC1=Nc1ccc(OCC)cc1. The highest BCUT2D eigenvalue weighted by Gasteiger charge is 2.33. The lowest BCUT2D eigenvalue weighted by atomic mass is 10.1. The van der Waals surface area contributed by atoms with Crippen LogP contribution in [0.2, 0.25) is 0 Å². The van der Waals surface area contributed by atoms with E-state index in [0.29, 0.717) is 45.1 Å². The van der Waals surface area contributed by atoms with E-state index in [2.05, 4.69) is 4.99 Å². The largest absolute Gasteiger partial charge is 0.506 e. The van der Waals surface area contributed by atoms with Crippen LogP contribution in [0, 0.1) is 0 Å². The number of thioether (sulfide) groups is 1. The third kappa shape index (κ3) is 5.48. The normalized spacial score (nSPS) is 15.6. The molecule has 2 aromatic carbocycles. The Balaban J connectivity index is 2.04. The van der Waals surface area contributed by atoms with Gasteiger partial charge in [0.05, 0.1) is 45.1 Å². The second-order valence-corrected chi connectivity index (χ2v) is 7.89. The first kappa shape index (κ1) is 25.0. The van der Waals surface area contributed by atoms with Crippen molar-refractivity contribution < 1.29 is 33.6 Å². The number of hydrogen-bond donors (Lipinski definition) is 1. The van der Waals surface area contributed by atoms with E-state index in [4.69, 9.17) is 23.7 Å². The van der Waals surface area contributed by atoms with Gasteiger partial charge in [0.25, 0.3) is 0 Å². The monoisotopic (exact) mass is 485 g/mol. The summed E-state index contributed by atoms with van der Waals surface area (Å²) in [6.45, 7) is 4.34. The van der Waals surface area contributed by atoms with Crippen LogP contribution in [0.5, 0.6) is 23.0 Å². The molecule has 2 aromatic rings. The fraction of sp³-hybridized carbons (Fsp3) is 0.280. The number of carbonyl (C=O) groups is 1. The third-order valence-electron chi connectivity index (χ3n) is 4.73. The van der Waals surface area contributed by atoms with Crippen molar-refractivity contribution in [1.29, 1.82) is 0 Å². The van der Waals surface area contributed by atoms with Gasteiger partial charge in [-0.3, -0.25) is 0 Å². The molecule has 1 aliphatic rings. The lowest BCUT2D eigenvalue weighted by Gasteiger charge is -2.13. The highest BCUT2D eigenvalue weighted by Crippen LogP contribution is 2.43. The number of aliphatic imine (C=N–C) groups is 1. The molecule has 0 unspecified atom stereocenters. The van der Waals surface area contributed by atoms with Gasteiger partial charge in [-0.05, 0) is 61.9 Å². The molecule has 1 heterocycles. The molecule has 8 nitrogen and oxygen atoms in total. The van der Waals surface area contributed by atoms with Crippen LogP contribution in [0.1, 0.15) is 19.4 Å². The van der Waals surface area contributed by atoms with Crippen LogP contribution in [-0.4, -0.2) is 50.7 Å². The Hall–Kier alpha value is -3.59. The van der Waals surface area contributed by atoms with Crippen molar-refractivity contribution in [3.8, 4) is 23.0 Å². The van der Waals surface area contributed by atoms with Crippen molar-refractivity contribution in [2.75, 3.05) is 34.5 Å². The molecule has 0 amide bonds. The fourth-order valence-corrected chi connectivity index (χ4v) is 4.26. The summed E-state index contributed by atoms with van der Waals surface area (Å²) in [6, 6.07) is 10.6. The zero-order chi connectivity index (χ0) is 24.7. The minimum atomic E-state index is -0.648. The van der Waals surface area contributed by atoms with Gasteiger partial charge in [0.2, 0.25) is 5.75 Å². The molecule has 0 bridgehead atoms. The standard InChI is InChI=1S/C25H27NO7S/c1-6-32-17-10-8-16(9-11-17)26-24-21(25(28)33-7-2)22(27)20(34-24)14-15-12-18(29-3)23(31-5)19(13-15)30-4/h8-14,27H,6-7H2,1-5H3. The molecule has 0 fully saturated rings. The first-order chi connectivity index (χ1) is 16.4. The number of nitrogens with zero attached hydrogens (tertiary/aromatic N) is 1. The molecule has 0 aromatic heterocycles. The average molecular weight is 486 g/mol. The van der Waals surface area contributed by atoms with E-state index in [9.17, 15) is 9.90 Å². The average Bonchev–Trinajstić information content (AvgIpc) is 3.14. The summed E-state index contributed by atoms with van der Waals surface area (Å²) >= 11 is 1.16. The van der Waals surface area contributed by atoms with Crippen molar-refractivity contribution in [1.82, 2.24) is 0 Å². The molecule has 34 heavy (non-hydrogen) atoms. The first-order valence-corrected chi connectivity index (χ1v) is 11.4. The number of ether oxygens (including phenoxy) is 5. The van der Waals surface area contributed by atoms with Gasteiger partial charge in [0.1, 0.15) is 22.1 Å². The van der Waals surface area contributed by atoms with Crippen LogP contribution in [0.4, 0.5) is 5.69 Å². The van der Waals surface area contributed by atoms with Crippen molar-refractivity contribution in [3.05, 3.63) is 58.2 Å². The van der Waals surface area contributed by atoms with Crippen LogP contribution in [-0.2, 0) is 9.53 Å². The lowest BCUT2D eigenvalue weighted by molar-refractivity contribution is -0.138. The Morgan fingerprint density at radius 2 is 1.65 bits per heavy atom. The molecule has 0 aliphatic carbocycles. The van der Waals surface area contributed by atoms with Crippen molar-refractivity contribution in [2.24, 2.45) is 4.99 Å². The quantitative estimate of drug-likeness (QED) is 0.478. The number of carbonyl (C=O) groups excluding carboxylic acids is 1. The topological polar surface area (TPSA) is 95.8 Å². The number of esters is 1. The van der Waals surface area contributed by atoms with Gasteiger partial charge in [-0.25, -0.2) is 9.79 Å². The molecule has 0 saturated carbocycles. The predicted molar refractivity (Wildman–Crippen MR) is 133 cm³/mol. The summed E-state index contributed by atoms with van der Waals surface area (Å²) < 4.78 is 26.8. The van der Waals surface area contributed by atoms with Crippen LogP contribution < -0.4 is 18.9 Å². The van der Waals surface area contributed by atoms with E-state index in [1.807, 2.05) is 6.92 Å². The Labute approximate surface area is 202 Å². The highest BCUT2D eigenvalue weighted by molar-refractivity contribution is 8.18. The minimum Gasteiger partial charge on any atom is -0.506 e. The fourth-order valence-electron chi connectivity index (χ4n) is 3.23. The maximum atomic E-state index is 12.6. The molecule has 1 aliphatic heterocycles. The van der Waals surface area contributed by atoms with E-state index in [1.54, 1.807) is 49.4 Å². The molecule has 180 valence electrons. The number of aliphatic hydroxyl groups is 1. The Bertz CT molecular complexity index is 1110. The smallest absolute Gasteiger partial charge is 0.344 e. The van der Waals surface area contributed by atoms with Gasteiger partial charge < -0.3 is 28.8 Å². The molecular weight excluding hydrogens is 458 g/mol. The molecule has 0 radical (unpaired) electrons. The number of rotatable bonds is 9. The third-order valence-corrected chi connectivity index (χ3v) is 5.75. The summed E-state index contributed by atoms with van der Waals surface area (Å²) in [4.78, 5) is 17.6. The van der Waals surface area contributed by atoms with Crippen molar-refractivity contribution >= 4 is 34.5 Å². The van der Waals surface area contributed by atoms with E-state index >= 15 is 0 Å². The molecule has 0 saturated heterocycles. The zero-order valence-corrected chi connectivity index (χ0v) is 20.5. The maximum absolute atomic E-state index is 12.6. The Kier molecular flexibility index (Phi) is 8.48. The number of aliphatic hydroxyl groups excluding tert-OH is 1. The van der Waals surface area contributed by atoms with Gasteiger partial charge in [-0.15, -0.1) is 0 Å². The minimum absolute atomic E-state index is 0.0134. The first-order valence-electron chi connectivity index (χ1n) is 10.6. The molecule has 0 atom stereocenters. The van der Waals surface area contributed by atoms with Gasteiger partial charge in [-0.1, -0.05) is 11.8 Å². The molecule has 0 spiro atoms. The summed E-state index contributed by atoms with van der Waals surface area (Å²) in [6.07, 6.45) is 1.71. The second-order valence-electron chi connectivity index (χ2n) is 6.86. The summed E-state index contributed by atoms with van der Waals surface area (Å²) in [5.41, 5.74) is 1.29. The lowest BCUT2D eigenvalue weighted by Crippen LogP contribution is -2.12. The summed E-state index contributed by atoms with van der Waals surface area (Å²) in [7, 11) is 4.57. The summed E-state index contributed by atoms with van der Waals surface area (Å²) in [5, 5.41) is 11.3. The van der Waals surface area contributed by atoms with Crippen LogP contribution in [0.3, 0.4) is 0 Å². The Morgan fingerprint density at radius 1 is 1.00 bits per heavy atom.